The molecule has 1 fully saturated rings. The summed E-state index contributed by atoms with van der Waals surface area (Å²) in [5.74, 6) is -6.94. The lowest BCUT2D eigenvalue weighted by Crippen LogP contribution is -2.42. The van der Waals surface area contributed by atoms with Crippen molar-refractivity contribution in [2.75, 3.05) is 11.6 Å². The molecule has 1 aromatic carbocycles. The lowest BCUT2D eigenvalue weighted by atomic mass is 10.1. The molecule has 1 saturated heterocycles. The fourth-order valence-corrected chi connectivity index (χ4v) is 2.01. The molecule has 2 amide bonds. The SMILES string of the molecule is CC(=O)N1CC(C(F)(F)F)C(=O)N1c1cc(F)ccc1F. The van der Waals surface area contributed by atoms with E-state index in [1.807, 2.05) is 0 Å². The Morgan fingerprint density at radius 1 is 1.29 bits per heavy atom. The van der Waals surface area contributed by atoms with E-state index in [1.54, 1.807) is 0 Å². The number of halogens is 5. The maximum atomic E-state index is 13.7. The summed E-state index contributed by atoms with van der Waals surface area (Å²) in [5, 5.41) is 0.678. The third-order valence-electron chi connectivity index (χ3n) is 3.00. The normalized spacial score (nSPS) is 19.3. The number of hydrogen-bond acceptors (Lipinski definition) is 2. The number of carbonyl (C=O) groups excluding carboxylic acids is 2. The number of hydrazine groups is 1. The molecule has 114 valence electrons. The van der Waals surface area contributed by atoms with Crippen molar-refractivity contribution in [2.24, 2.45) is 5.92 Å². The number of alkyl halides is 3. The van der Waals surface area contributed by atoms with Crippen LogP contribution in [0.4, 0.5) is 27.6 Å². The molecular weight excluding hydrogens is 299 g/mol. The van der Waals surface area contributed by atoms with E-state index in [9.17, 15) is 31.5 Å². The van der Waals surface area contributed by atoms with Crippen molar-refractivity contribution in [1.82, 2.24) is 5.01 Å². The van der Waals surface area contributed by atoms with Crippen LogP contribution in [0.1, 0.15) is 6.92 Å². The molecule has 1 heterocycles. The van der Waals surface area contributed by atoms with Gasteiger partial charge in [0.15, 0.2) is 5.92 Å². The molecule has 1 aromatic rings. The van der Waals surface area contributed by atoms with Crippen molar-refractivity contribution in [1.29, 1.82) is 0 Å². The minimum Gasteiger partial charge on any atom is -0.273 e. The minimum absolute atomic E-state index is 0.235. The highest BCUT2D eigenvalue weighted by Gasteiger charge is 2.54. The Balaban J connectivity index is 2.51. The summed E-state index contributed by atoms with van der Waals surface area (Å²) in [6, 6.07) is 1.97. The van der Waals surface area contributed by atoms with E-state index in [-0.39, 0.29) is 5.01 Å². The highest BCUT2D eigenvalue weighted by atomic mass is 19.4. The Kier molecular flexibility index (Phi) is 3.60. The van der Waals surface area contributed by atoms with Gasteiger partial charge in [-0.2, -0.15) is 13.2 Å². The fraction of sp³-hybridized carbons (Fsp3) is 0.333. The van der Waals surface area contributed by atoms with Gasteiger partial charge in [0.25, 0.3) is 5.91 Å². The molecule has 1 unspecified atom stereocenters. The van der Waals surface area contributed by atoms with Gasteiger partial charge >= 0.3 is 6.18 Å². The van der Waals surface area contributed by atoms with Gasteiger partial charge in [-0.1, -0.05) is 0 Å². The molecule has 0 bridgehead atoms. The molecule has 0 aromatic heterocycles. The van der Waals surface area contributed by atoms with E-state index in [2.05, 4.69) is 0 Å². The van der Waals surface area contributed by atoms with Crippen molar-refractivity contribution in [3.8, 4) is 0 Å². The molecule has 2 rings (SSSR count). The molecule has 4 nitrogen and oxygen atoms in total. The number of anilines is 1. The zero-order valence-corrected chi connectivity index (χ0v) is 10.6. The third-order valence-corrected chi connectivity index (χ3v) is 3.00. The van der Waals surface area contributed by atoms with Gasteiger partial charge in [0.2, 0.25) is 5.91 Å². The maximum absolute atomic E-state index is 13.7. The Hall–Kier alpha value is -2.19. The van der Waals surface area contributed by atoms with Crippen LogP contribution in [0.2, 0.25) is 0 Å². The summed E-state index contributed by atoms with van der Waals surface area (Å²) in [4.78, 5) is 23.2. The first kappa shape index (κ1) is 15.2. The van der Waals surface area contributed by atoms with Crippen LogP contribution < -0.4 is 5.01 Å². The molecule has 1 aliphatic heterocycles. The lowest BCUT2D eigenvalue weighted by Gasteiger charge is -2.26. The van der Waals surface area contributed by atoms with Crippen LogP contribution >= 0.6 is 0 Å². The van der Waals surface area contributed by atoms with Gasteiger partial charge in [0.05, 0.1) is 6.54 Å². The Morgan fingerprint density at radius 2 is 1.90 bits per heavy atom. The maximum Gasteiger partial charge on any atom is 0.402 e. The average Bonchev–Trinajstić information content (AvgIpc) is 2.70. The molecular formula is C12H9F5N2O2. The van der Waals surface area contributed by atoms with Crippen LogP contribution in [0.3, 0.4) is 0 Å². The summed E-state index contributed by atoms with van der Waals surface area (Å²) in [6.07, 6.45) is -4.89. The van der Waals surface area contributed by atoms with Crippen molar-refractivity contribution in [3.63, 3.8) is 0 Å². The van der Waals surface area contributed by atoms with Crippen LogP contribution in [0.25, 0.3) is 0 Å². The topological polar surface area (TPSA) is 40.6 Å². The quantitative estimate of drug-likeness (QED) is 0.747. The van der Waals surface area contributed by atoms with Crippen molar-refractivity contribution in [2.45, 2.75) is 13.1 Å². The van der Waals surface area contributed by atoms with E-state index < -0.39 is 47.8 Å². The average molecular weight is 308 g/mol. The first-order valence-corrected chi connectivity index (χ1v) is 5.76. The summed E-state index contributed by atoms with van der Waals surface area (Å²) in [7, 11) is 0. The van der Waals surface area contributed by atoms with E-state index >= 15 is 0 Å². The molecule has 0 spiro atoms. The summed E-state index contributed by atoms with van der Waals surface area (Å²) < 4.78 is 65.1. The van der Waals surface area contributed by atoms with Gasteiger partial charge in [0, 0.05) is 13.0 Å². The zero-order valence-electron chi connectivity index (χ0n) is 10.6. The molecule has 21 heavy (non-hydrogen) atoms. The van der Waals surface area contributed by atoms with Crippen LogP contribution in [0.15, 0.2) is 18.2 Å². The first-order valence-electron chi connectivity index (χ1n) is 5.76. The molecule has 0 N–H and O–H groups in total. The predicted molar refractivity (Wildman–Crippen MR) is 60.8 cm³/mol. The number of carbonyl (C=O) groups is 2. The molecule has 1 aliphatic rings. The van der Waals surface area contributed by atoms with Gasteiger partial charge < -0.3 is 0 Å². The summed E-state index contributed by atoms with van der Waals surface area (Å²) in [5.41, 5.74) is -0.734. The van der Waals surface area contributed by atoms with Gasteiger partial charge in [-0.25, -0.2) is 18.8 Å². The largest absolute Gasteiger partial charge is 0.402 e. The highest BCUT2D eigenvalue weighted by molar-refractivity contribution is 6.00. The first-order chi connectivity index (χ1) is 9.62. The summed E-state index contributed by atoms with van der Waals surface area (Å²) >= 11 is 0. The number of rotatable bonds is 1. The molecule has 9 heteroatoms. The van der Waals surface area contributed by atoms with Gasteiger partial charge in [-0.05, 0) is 12.1 Å². The number of amides is 2. The van der Waals surface area contributed by atoms with Gasteiger partial charge in [0.1, 0.15) is 17.3 Å². The van der Waals surface area contributed by atoms with Gasteiger partial charge in [-0.3, -0.25) is 9.59 Å². The number of nitrogens with zero attached hydrogens (tertiary/aromatic N) is 2. The van der Waals surface area contributed by atoms with E-state index in [0.717, 1.165) is 13.0 Å². The van der Waals surface area contributed by atoms with Gasteiger partial charge in [-0.15, -0.1) is 0 Å². The fourth-order valence-electron chi connectivity index (χ4n) is 2.01. The minimum atomic E-state index is -4.89. The zero-order chi connectivity index (χ0) is 15.9. The van der Waals surface area contributed by atoms with E-state index in [1.165, 1.54) is 0 Å². The number of benzene rings is 1. The second-order valence-corrected chi connectivity index (χ2v) is 4.44. The van der Waals surface area contributed by atoms with E-state index in [0.29, 0.717) is 17.1 Å². The standard InChI is InChI=1S/C12H9F5N2O2/c1-6(20)18-5-8(12(15,16)17)11(21)19(18)10-4-7(13)2-3-9(10)14/h2-4,8H,5H2,1H3. The second-order valence-electron chi connectivity index (χ2n) is 4.44. The summed E-state index contributed by atoms with van der Waals surface area (Å²) in [6.45, 7) is -0.0378. The number of hydrogen-bond donors (Lipinski definition) is 0. The second kappa shape index (κ2) is 4.97. The Labute approximate surface area is 115 Å². The highest BCUT2D eigenvalue weighted by Crippen LogP contribution is 2.37. The van der Waals surface area contributed by atoms with Crippen molar-refractivity contribution < 1.29 is 31.5 Å². The molecule has 1 atom stereocenters. The van der Waals surface area contributed by atoms with Crippen molar-refractivity contribution >= 4 is 17.5 Å². The predicted octanol–water partition coefficient (Wildman–Crippen LogP) is 2.25. The monoisotopic (exact) mass is 308 g/mol. The molecule has 0 saturated carbocycles. The van der Waals surface area contributed by atoms with Crippen LogP contribution in [0, 0.1) is 17.6 Å². The lowest BCUT2D eigenvalue weighted by molar-refractivity contribution is -0.175. The Bertz CT molecular complexity index is 602. The Morgan fingerprint density at radius 3 is 2.43 bits per heavy atom. The van der Waals surface area contributed by atoms with Crippen LogP contribution in [-0.2, 0) is 9.59 Å². The molecule has 0 aliphatic carbocycles. The molecule has 0 radical (unpaired) electrons. The van der Waals surface area contributed by atoms with E-state index in [4.69, 9.17) is 0 Å². The van der Waals surface area contributed by atoms with Crippen LogP contribution in [-0.4, -0.2) is 29.5 Å². The van der Waals surface area contributed by atoms with Crippen molar-refractivity contribution in [3.05, 3.63) is 29.8 Å². The smallest absolute Gasteiger partial charge is 0.273 e. The third kappa shape index (κ3) is 2.67. The van der Waals surface area contributed by atoms with Crippen LogP contribution in [0.5, 0.6) is 0 Å².